The Morgan fingerprint density at radius 1 is 1.00 bits per heavy atom. The Morgan fingerprint density at radius 2 is 1.85 bits per heavy atom. The average molecular weight is 267 g/mol. The first kappa shape index (κ1) is 11.6. The van der Waals surface area contributed by atoms with Gasteiger partial charge in [0.2, 0.25) is 0 Å². The number of anilines is 1. The molecule has 0 radical (unpaired) electrons. The maximum absolute atomic E-state index is 5.60. The molecule has 2 aliphatic rings. The van der Waals surface area contributed by atoms with Crippen LogP contribution in [-0.2, 0) is 6.42 Å². The molecule has 2 aromatic carbocycles. The van der Waals surface area contributed by atoms with Gasteiger partial charge in [-0.2, -0.15) is 0 Å². The monoisotopic (exact) mass is 267 g/mol. The number of fused-ring (bicyclic) bond motifs is 2. The highest BCUT2D eigenvalue weighted by Crippen LogP contribution is 2.36. The Bertz CT molecular complexity index is 639. The molecule has 1 unspecified atom stereocenters. The van der Waals surface area contributed by atoms with Gasteiger partial charge in [0.1, 0.15) is 13.2 Å². The van der Waals surface area contributed by atoms with Crippen LogP contribution in [-0.4, -0.2) is 19.8 Å². The van der Waals surface area contributed by atoms with Crippen molar-refractivity contribution in [3.8, 4) is 11.5 Å². The number of hydrogen-bond acceptors (Lipinski definition) is 3. The topological polar surface area (TPSA) is 30.5 Å². The predicted octanol–water partition coefficient (Wildman–Crippen LogP) is 3.21. The Morgan fingerprint density at radius 3 is 2.75 bits per heavy atom. The van der Waals surface area contributed by atoms with Crippen LogP contribution in [0.1, 0.15) is 17.0 Å². The Kier molecular flexibility index (Phi) is 2.76. The van der Waals surface area contributed by atoms with Gasteiger partial charge in [-0.15, -0.1) is 0 Å². The zero-order chi connectivity index (χ0) is 13.4. The van der Waals surface area contributed by atoms with E-state index in [1.807, 2.05) is 12.1 Å². The van der Waals surface area contributed by atoms with Crippen LogP contribution in [0.5, 0.6) is 11.5 Å². The second-order valence-electron chi connectivity index (χ2n) is 5.34. The normalized spacial score (nSPS) is 18.9. The van der Waals surface area contributed by atoms with E-state index in [9.17, 15) is 0 Å². The molecule has 4 rings (SSSR count). The lowest BCUT2D eigenvalue weighted by molar-refractivity contribution is 0.171. The molecule has 0 saturated carbocycles. The molecule has 20 heavy (non-hydrogen) atoms. The van der Waals surface area contributed by atoms with Crippen molar-refractivity contribution in [2.45, 2.75) is 12.3 Å². The fourth-order valence-corrected chi connectivity index (χ4v) is 2.94. The third kappa shape index (κ3) is 1.99. The van der Waals surface area contributed by atoms with Crippen LogP contribution in [0.25, 0.3) is 0 Å². The van der Waals surface area contributed by atoms with Crippen LogP contribution in [0.4, 0.5) is 5.69 Å². The van der Waals surface area contributed by atoms with E-state index in [1.54, 1.807) is 0 Å². The smallest absolute Gasteiger partial charge is 0.163 e. The summed E-state index contributed by atoms with van der Waals surface area (Å²) < 4.78 is 11.1. The molecule has 1 heterocycles. The lowest BCUT2D eigenvalue weighted by Crippen LogP contribution is -2.24. The molecule has 0 aromatic heterocycles. The van der Waals surface area contributed by atoms with Crippen molar-refractivity contribution in [2.75, 3.05) is 25.1 Å². The van der Waals surface area contributed by atoms with Gasteiger partial charge in [-0.3, -0.25) is 0 Å². The quantitative estimate of drug-likeness (QED) is 0.926. The van der Waals surface area contributed by atoms with Gasteiger partial charge in [0.05, 0.1) is 0 Å². The minimum atomic E-state index is 0.624. The summed E-state index contributed by atoms with van der Waals surface area (Å²) in [5, 5.41) is 3.50. The van der Waals surface area contributed by atoms with Crippen LogP contribution in [0.2, 0.25) is 0 Å². The summed E-state index contributed by atoms with van der Waals surface area (Å²) in [5.41, 5.74) is 4.07. The molecule has 0 bridgehead atoms. The maximum Gasteiger partial charge on any atom is 0.163 e. The predicted molar refractivity (Wildman–Crippen MR) is 78.8 cm³/mol. The van der Waals surface area contributed by atoms with Crippen molar-refractivity contribution in [2.24, 2.45) is 0 Å². The van der Waals surface area contributed by atoms with Gasteiger partial charge in [0, 0.05) is 24.2 Å². The summed E-state index contributed by atoms with van der Waals surface area (Å²) in [6, 6.07) is 14.7. The fraction of sp³-hybridized carbons (Fsp3) is 0.294. The maximum atomic E-state index is 5.60. The van der Waals surface area contributed by atoms with Gasteiger partial charge in [-0.25, -0.2) is 0 Å². The fourth-order valence-electron chi connectivity index (χ4n) is 2.94. The molecule has 0 saturated heterocycles. The summed E-state index contributed by atoms with van der Waals surface area (Å²) in [4.78, 5) is 0. The third-order valence-electron chi connectivity index (χ3n) is 4.06. The summed E-state index contributed by atoms with van der Waals surface area (Å²) in [6.45, 7) is 2.24. The van der Waals surface area contributed by atoms with E-state index in [2.05, 4.69) is 35.6 Å². The van der Waals surface area contributed by atoms with E-state index in [4.69, 9.17) is 9.47 Å². The second kappa shape index (κ2) is 4.75. The van der Waals surface area contributed by atoms with Crippen molar-refractivity contribution in [3.63, 3.8) is 0 Å². The number of rotatable bonds is 3. The Hall–Kier alpha value is -2.16. The molecule has 1 N–H and O–H groups in total. The minimum absolute atomic E-state index is 0.624. The molecular formula is C17H17NO2. The first-order chi connectivity index (χ1) is 9.90. The molecule has 1 atom stereocenters. The van der Waals surface area contributed by atoms with Crippen LogP contribution < -0.4 is 14.8 Å². The van der Waals surface area contributed by atoms with Crippen molar-refractivity contribution in [1.29, 1.82) is 0 Å². The van der Waals surface area contributed by atoms with Crippen molar-refractivity contribution >= 4 is 5.69 Å². The van der Waals surface area contributed by atoms with Crippen LogP contribution in [0.3, 0.4) is 0 Å². The summed E-state index contributed by atoms with van der Waals surface area (Å²) in [6.07, 6.45) is 1.17. The summed E-state index contributed by atoms with van der Waals surface area (Å²) >= 11 is 0. The number of ether oxygens (including phenoxy) is 2. The van der Waals surface area contributed by atoms with E-state index >= 15 is 0 Å². The molecule has 3 heteroatoms. The standard InChI is InChI=1S/C17H17NO2/c1-2-4-15-12(3-1)9-13(15)11-18-14-5-6-16-17(10-14)20-8-7-19-16/h1-6,10,13,18H,7-9,11H2. The molecule has 102 valence electrons. The molecular weight excluding hydrogens is 250 g/mol. The first-order valence-electron chi connectivity index (χ1n) is 7.11. The van der Waals surface area contributed by atoms with E-state index in [0.29, 0.717) is 19.1 Å². The zero-order valence-electron chi connectivity index (χ0n) is 11.3. The van der Waals surface area contributed by atoms with E-state index in [0.717, 1.165) is 23.7 Å². The number of nitrogens with one attached hydrogen (secondary N) is 1. The van der Waals surface area contributed by atoms with Crippen molar-refractivity contribution in [1.82, 2.24) is 0 Å². The Labute approximate surface area is 118 Å². The van der Waals surface area contributed by atoms with Gasteiger partial charge < -0.3 is 14.8 Å². The molecule has 0 spiro atoms. The average Bonchev–Trinajstić information content (AvgIpc) is 2.48. The molecule has 3 nitrogen and oxygen atoms in total. The largest absolute Gasteiger partial charge is 0.486 e. The van der Waals surface area contributed by atoms with Gasteiger partial charge in [0.25, 0.3) is 0 Å². The van der Waals surface area contributed by atoms with E-state index in [1.165, 1.54) is 17.5 Å². The van der Waals surface area contributed by atoms with E-state index in [-0.39, 0.29) is 0 Å². The van der Waals surface area contributed by atoms with Crippen LogP contribution >= 0.6 is 0 Å². The molecule has 2 aromatic rings. The van der Waals surface area contributed by atoms with Crippen LogP contribution in [0.15, 0.2) is 42.5 Å². The highest BCUT2D eigenvalue weighted by atomic mass is 16.6. The summed E-state index contributed by atoms with van der Waals surface area (Å²) in [5.74, 6) is 2.31. The molecule has 0 amide bonds. The molecule has 1 aliphatic carbocycles. The zero-order valence-corrected chi connectivity index (χ0v) is 11.3. The number of hydrogen-bond donors (Lipinski definition) is 1. The number of benzene rings is 2. The molecule has 1 aliphatic heterocycles. The highest BCUT2D eigenvalue weighted by Gasteiger charge is 2.24. The van der Waals surface area contributed by atoms with Crippen molar-refractivity contribution < 1.29 is 9.47 Å². The van der Waals surface area contributed by atoms with E-state index < -0.39 is 0 Å². The van der Waals surface area contributed by atoms with Crippen LogP contribution in [0, 0.1) is 0 Å². The summed E-state index contributed by atoms with van der Waals surface area (Å²) in [7, 11) is 0. The van der Waals surface area contributed by atoms with Gasteiger partial charge in [-0.1, -0.05) is 24.3 Å². The van der Waals surface area contributed by atoms with Gasteiger partial charge in [0.15, 0.2) is 11.5 Å². The lowest BCUT2D eigenvalue weighted by atomic mass is 9.77. The van der Waals surface area contributed by atoms with Crippen molar-refractivity contribution in [3.05, 3.63) is 53.6 Å². The van der Waals surface area contributed by atoms with Gasteiger partial charge >= 0.3 is 0 Å². The molecule has 0 fully saturated rings. The first-order valence-corrected chi connectivity index (χ1v) is 7.11. The Balaban J connectivity index is 1.43. The minimum Gasteiger partial charge on any atom is -0.486 e. The second-order valence-corrected chi connectivity index (χ2v) is 5.34. The highest BCUT2D eigenvalue weighted by molar-refractivity contribution is 5.55. The SMILES string of the molecule is c1ccc2c(c1)CC2CNc1ccc2c(c1)OCCO2. The third-order valence-corrected chi connectivity index (χ3v) is 4.06. The lowest BCUT2D eigenvalue weighted by Gasteiger charge is -2.30. The van der Waals surface area contributed by atoms with Gasteiger partial charge in [-0.05, 0) is 29.7 Å².